The van der Waals surface area contributed by atoms with Crippen LogP contribution in [0, 0.1) is 0 Å². The van der Waals surface area contributed by atoms with Crippen molar-refractivity contribution in [2.24, 2.45) is 0 Å². The maximum atomic E-state index is 8.63. The van der Waals surface area contributed by atoms with Crippen molar-refractivity contribution >= 4 is 0 Å². The van der Waals surface area contributed by atoms with Crippen LogP contribution in [0.25, 0.3) is 0 Å². The van der Waals surface area contributed by atoms with E-state index in [2.05, 4.69) is 0 Å². The Hall–Kier alpha value is -4.98. The van der Waals surface area contributed by atoms with Gasteiger partial charge in [0.1, 0.15) is 46.0 Å². The standard InChI is InChI=1S/8C6H6O.4Ti/c8*7-6-4-2-1-3-5-6;;;;/h8*1-5,7H;;;;. The summed E-state index contributed by atoms with van der Waals surface area (Å²) in [4.78, 5) is 0. The quantitative estimate of drug-likeness (QED) is 0.0697. The number of hydrogen-bond acceptors (Lipinski definition) is 8. The van der Waals surface area contributed by atoms with Gasteiger partial charge in [-0.1, -0.05) is 146 Å². The zero-order valence-corrected chi connectivity index (χ0v) is 38.9. The Morgan fingerprint density at radius 3 is 0.233 bits per heavy atom. The van der Waals surface area contributed by atoms with E-state index in [0.29, 0.717) is 46.0 Å². The molecular weight excluding hydrogens is 896 g/mol. The predicted octanol–water partition coefficient (Wildman–Crippen LogP) is 11.1. The molecule has 60 heavy (non-hydrogen) atoms. The van der Waals surface area contributed by atoms with Gasteiger partial charge in [0, 0.05) is 86.9 Å². The number of phenolic OH excluding ortho intramolecular Hbond substituents is 8. The molecule has 8 rings (SSSR count). The third kappa shape index (κ3) is 41.2. The number of hydrogen-bond donors (Lipinski definition) is 8. The molecule has 0 radical (unpaired) electrons. The normalized spacial score (nSPS) is 8.00. The Kier molecular flexibility index (Phi) is 44.8. The molecule has 12 heteroatoms. The van der Waals surface area contributed by atoms with Crippen molar-refractivity contribution in [3.8, 4) is 46.0 Å². The van der Waals surface area contributed by atoms with Crippen molar-refractivity contribution in [2.75, 3.05) is 0 Å². The molecule has 0 unspecified atom stereocenters. The molecule has 0 aliphatic rings. The molecule has 0 bridgehead atoms. The van der Waals surface area contributed by atoms with Crippen LogP contribution in [0.1, 0.15) is 0 Å². The van der Waals surface area contributed by atoms with Crippen LogP contribution in [0.3, 0.4) is 0 Å². The maximum absolute atomic E-state index is 8.63. The smallest absolute Gasteiger partial charge is 0.115 e. The number of para-hydroxylation sites is 8. The van der Waals surface area contributed by atoms with Gasteiger partial charge in [-0.25, -0.2) is 0 Å². The van der Waals surface area contributed by atoms with Crippen LogP contribution in [0.5, 0.6) is 46.0 Å². The molecule has 0 fully saturated rings. The molecule has 0 amide bonds. The van der Waals surface area contributed by atoms with Crippen molar-refractivity contribution in [1.29, 1.82) is 0 Å². The van der Waals surface area contributed by atoms with Gasteiger partial charge in [0.25, 0.3) is 0 Å². The van der Waals surface area contributed by atoms with Crippen LogP contribution in [0.15, 0.2) is 243 Å². The van der Waals surface area contributed by atoms with E-state index in [1.807, 2.05) is 48.5 Å². The monoisotopic (exact) mass is 944 g/mol. The fourth-order valence-electron chi connectivity index (χ4n) is 3.42. The molecule has 8 aromatic carbocycles. The first-order valence-electron chi connectivity index (χ1n) is 17.1. The van der Waals surface area contributed by atoms with Gasteiger partial charge in [0.2, 0.25) is 0 Å². The first-order valence-corrected chi connectivity index (χ1v) is 17.1. The number of phenols is 8. The summed E-state index contributed by atoms with van der Waals surface area (Å²) in [6.07, 6.45) is 0. The average molecular weight is 944 g/mol. The minimum absolute atomic E-state index is 0. The summed E-state index contributed by atoms with van der Waals surface area (Å²) < 4.78 is 0. The van der Waals surface area contributed by atoms with Crippen LogP contribution < -0.4 is 0 Å². The molecule has 304 valence electrons. The third-order valence-corrected chi connectivity index (χ3v) is 6.05. The SMILES string of the molecule is Oc1ccccc1.Oc1ccccc1.Oc1ccccc1.Oc1ccccc1.Oc1ccccc1.Oc1ccccc1.Oc1ccccc1.Oc1ccccc1.[Ti].[Ti].[Ti].[Ti]. The number of benzene rings is 8. The largest absolute Gasteiger partial charge is 0.508 e. The molecule has 0 heterocycles. The van der Waals surface area contributed by atoms with E-state index >= 15 is 0 Å². The van der Waals surface area contributed by atoms with Gasteiger partial charge in [-0.3, -0.25) is 0 Å². The molecule has 0 saturated heterocycles. The Morgan fingerprint density at radius 2 is 0.200 bits per heavy atom. The second-order valence-electron chi connectivity index (χ2n) is 10.7. The average Bonchev–Trinajstić information content (AvgIpc) is 3.22. The number of aromatic hydroxyl groups is 8. The molecule has 8 nitrogen and oxygen atoms in total. The Balaban J connectivity index is -0.000000296. The molecule has 0 saturated carbocycles. The Labute approximate surface area is 412 Å². The minimum atomic E-state index is 0. The van der Waals surface area contributed by atoms with Crippen molar-refractivity contribution in [3.05, 3.63) is 243 Å². The zero-order valence-electron chi connectivity index (χ0n) is 32.7. The molecule has 0 aliphatic carbocycles. The van der Waals surface area contributed by atoms with Crippen LogP contribution in [0.4, 0.5) is 0 Å². The Bertz CT molecular complexity index is 1540. The zero-order chi connectivity index (χ0) is 40.9. The van der Waals surface area contributed by atoms with Crippen molar-refractivity contribution in [1.82, 2.24) is 0 Å². The van der Waals surface area contributed by atoms with E-state index in [4.69, 9.17) is 40.9 Å². The molecule has 0 atom stereocenters. The summed E-state index contributed by atoms with van der Waals surface area (Å²) in [5.74, 6) is 2.57. The minimum Gasteiger partial charge on any atom is -0.508 e. The van der Waals surface area contributed by atoms with Gasteiger partial charge in [0.05, 0.1) is 0 Å². The van der Waals surface area contributed by atoms with Crippen molar-refractivity contribution in [2.45, 2.75) is 0 Å². The van der Waals surface area contributed by atoms with E-state index in [-0.39, 0.29) is 86.9 Å². The second-order valence-corrected chi connectivity index (χ2v) is 10.7. The first kappa shape index (κ1) is 61.7. The fourth-order valence-corrected chi connectivity index (χ4v) is 3.42. The summed E-state index contributed by atoms with van der Waals surface area (Å²) in [6.45, 7) is 0. The van der Waals surface area contributed by atoms with Gasteiger partial charge in [-0.05, 0) is 97.1 Å². The predicted molar refractivity (Wildman–Crippen MR) is 225 cm³/mol. The van der Waals surface area contributed by atoms with Gasteiger partial charge >= 0.3 is 0 Å². The topological polar surface area (TPSA) is 162 Å². The van der Waals surface area contributed by atoms with Crippen LogP contribution in [-0.2, 0) is 86.9 Å². The maximum Gasteiger partial charge on any atom is 0.115 e. The van der Waals surface area contributed by atoms with E-state index < -0.39 is 0 Å². The van der Waals surface area contributed by atoms with E-state index in [0.717, 1.165) is 0 Å². The molecule has 8 aromatic rings. The van der Waals surface area contributed by atoms with E-state index in [9.17, 15) is 0 Å². The van der Waals surface area contributed by atoms with Crippen molar-refractivity contribution in [3.63, 3.8) is 0 Å². The fraction of sp³-hybridized carbons (Fsp3) is 0. The summed E-state index contributed by atoms with van der Waals surface area (Å²) in [6, 6.07) is 69.7. The Morgan fingerprint density at radius 1 is 0.133 bits per heavy atom. The summed E-state index contributed by atoms with van der Waals surface area (Å²) >= 11 is 0. The van der Waals surface area contributed by atoms with Gasteiger partial charge < -0.3 is 40.9 Å². The van der Waals surface area contributed by atoms with E-state index in [1.165, 1.54) is 0 Å². The molecule has 8 N–H and O–H groups in total. The third-order valence-electron chi connectivity index (χ3n) is 6.05. The molecule has 0 aromatic heterocycles. The van der Waals surface area contributed by atoms with Crippen LogP contribution >= 0.6 is 0 Å². The molecule has 0 aliphatic heterocycles. The van der Waals surface area contributed by atoms with Crippen LogP contribution in [-0.4, -0.2) is 40.9 Å². The molecular formula is C48H48O8Ti4. The molecule has 0 spiro atoms. The van der Waals surface area contributed by atoms with Gasteiger partial charge in [-0.2, -0.15) is 0 Å². The van der Waals surface area contributed by atoms with Gasteiger partial charge in [0.15, 0.2) is 0 Å². The van der Waals surface area contributed by atoms with Crippen molar-refractivity contribution < 1.29 is 128 Å². The summed E-state index contributed by atoms with van der Waals surface area (Å²) in [5.41, 5.74) is 0. The van der Waals surface area contributed by atoms with E-state index in [1.54, 1.807) is 194 Å². The summed E-state index contributed by atoms with van der Waals surface area (Å²) in [5, 5.41) is 69.1. The number of rotatable bonds is 0. The first-order chi connectivity index (χ1) is 27.2. The summed E-state index contributed by atoms with van der Waals surface area (Å²) in [7, 11) is 0. The second kappa shape index (κ2) is 43.6. The van der Waals surface area contributed by atoms with Gasteiger partial charge in [-0.15, -0.1) is 0 Å². The van der Waals surface area contributed by atoms with Crippen LogP contribution in [0.2, 0.25) is 0 Å².